The summed E-state index contributed by atoms with van der Waals surface area (Å²) in [6.07, 6.45) is 0. The minimum absolute atomic E-state index is 0.0200. The number of pyridine rings is 1. The minimum atomic E-state index is -0.0200. The van der Waals surface area contributed by atoms with Gasteiger partial charge in [0.15, 0.2) is 0 Å². The summed E-state index contributed by atoms with van der Waals surface area (Å²) in [7, 11) is 0. The molecule has 0 aliphatic rings. The van der Waals surface area contributed by atoms with E-state index in [2.05, 4.69) is 4.98 Å². The SMILES string of the molecule is O=c1ccc2[nH]c3ccccc3c2n1-c1ccccc1. The molecular formula is C17H12N2O. The molecule has 0 fully saturated rings. The van der Waals surface area contributed by atoms with E-state index in [1.165, 1.54) is 0 Å². The molecule has 96 valence electrons. The summed E-state index contributed by atoms with van der Waals surface area (Å²) in [5.41, 5.74) is 3.80. The molecule has 0 bridgehead atoms. The van der Waals surface area contributed by atoms with Crippen LogP contribution in [0.1, 0.15) is 0 Å². The van der Waals surface area contributed by atoms with E-state index in [4.69, 9.17) is 0 Å². The van der Waals surface area contributed by atoms with Gasteiger partial charge in [0.1, 0.15) is 0 Å². The quantitative estimate of drug-likeness (QED) is 0.559. The smallest absolute Gasteiger partial charge is 0.255 e. The molecule has 2 heterocycles. The number of nitrogens with zero attached hydrogens (tertiary/aromatic N) is 1. The van der Waals surface area contributed by atoms with E-state index >= 15 is 0 Å². The van der Waals surface area contributed by atoms with Crippen LogP contribution in [-0.2, 0) is 0 Å². The van der Waals surface area contributed by atoms with E-state index in [-0.39, 0.29) is 5.56 Å². The topological polar surface area (TPSA) is 37.8 Å². The van der Waals surface area contributed by atoms with E-state index in [9.17, 15) is 4.79 Å². The molecule has 0 unspecified atom stereocenters. The average molecular weight is 260 g/mol. The molecule has 3 nitrogen and oxygen atoms in total. The van der Waals surface area contributed by atoms with Crippen molar-refractivity contribution in [1.29, 1.82) is 0 Å². The van der Waals surface area contributed by atoms with Crippen molar-refractivity contribution >= 4 is 21.9 Å². The van der Waals surface area contributed by atoms with Crippen molar-refractivity contribution in [3.8, 4) is 5.69 Å². The highest BCUT2D eigenvalue weighted by molar-refractivity contribution is 6.05. The normalized spacial score (nSPS) is 11.2. The largest absolute Gasteiger partial charge is 0.353 e. The first-order valence-electron chi connectivity index (χ1n) is 6.52. The van der Waals surface area contributed by atoms with Crippen LogP contribution >= 0.6 is 0 Å². The molecule has 1 N–H and O–H groups in total. The predicted molar refractivity (Wildman–Crippen MR) is 81.4 cm³/mol. The van der Waals surface area contributed by atoms with E-state index < -0.39 is 0 Å². The lowest BCUT2D eigenvalue weighted by Gasteiger charge is -2.07. The van der Waals surface area contributed by atoms with Crippen LogP contribution in [0.15, 0.2) is 71.5 Å². The Morgan fingerprint density at radius 2 is 1.50 bits per heavy atom. The van der Waals surface area contributed by atoms with Crippen LogP contribution in [0.2, 0.25) is 0 Å². The molecule has 3 heteroatoms. The van der Waals surface area contributed by atoms with Gasteiger partial charge in [-0.3, -0.25) is 9.36 Å². The molecule has 0 saturated heterocycles. The Morgan fingerprint density at radius 3 is 2.35 bits per heavy atom. The summed E-state index contributed by atoms with van der Waals surface area (Å²) in [6.45, 7) is 0. The highest BCUT2D eigenvalue weighted by Gasteiger charge is 2.10. The van der Waals surface area contributed by atoms with Gasteiger partial charge in [-0.15, -0.1) is 0 Å². The highest BCUT2D eigenvalue weighted by atomic mass is 16.1. The number of aromatic nitrogens is 2. The lowest BCUT2D eigenvalue weighted by Crippen LogP contribution is -2.16. The summed E-state index contributed by atoms with van der Waals surface area (Å²) in [5, 5.41) is 1.06. The van der Waals surface area contributed by atoms with Crippen molar-refractivity contribution in [3.63, 3.8) is 0 Å². The summed E-state index contributed by atoms with van der Waals surface area (Å²) in [4.78, 5) is 15.7. The average Bonchev–Trinajstić information content (AvgIpc) is 2.87. The first kappa shape index (κ1) is 11.1. The number of nitrogens with one attached hydrogen (secondary N) is 1. The Bertz CT molecular complexity index is 965. The molecule has 0 radical (unpaired) electrons. The second-order valence-corrected chi connectivity index (χ2v) is 4.78. The number of hydrogen-bond donors (Lipinski definition) is 1. The fourth-order valence-electron chi connectivity index (χ4n) is 2.68. The third-order valence-electron chi connectivity index (χ3n) is 3.56. The molecule has 0 aliphatic carbocycles. The molecule has 2 aromatic heterocycles. The van der Waals surface area contributed by atoms with Gasteiger partial charge < -0.3 is 4.98 Å². The van der Waals surface area contributed by atoms with Crippen LogP contribution in [0.4, 0.5) is 0 Å². The van der Waals surface area contributed by atoms with E-state index in [0.29, 0.717) is 0 Å². The lowest BCUT2D eigenvalue weighted by molar-refractivity contribution is 1.05. The molecule has 20 heavy (non-hydrogen) atoms. The van der Waals surface area contributed by atoms with Crippen LogP contribution in [0, 0.1) is 0 Å². The number of H-pyrrole nitrogens is 1. The Balaban J connectivity index is 2.24. The number of hydrogen-bond acceptors (Lipinski definition) is 1. The van der Waals surface area contributed by atoms with Crippen LogP contribution in [-0.4, -0.2) is 9.55 Å². The van der Waals surface area contributed by atoms with Gasteiger partial charge in [-0.25, -0.2) is 0 Å². The molecule has 2 aromatic carbocycles. The fourth-order valence-corrected chi connectivity index (χ4v) is 2.68. The first-order chi connectivity index (χ1) is 9.84. The second-order valence-electron chi connectivity index (χ2n) is 4.78. The Kier molecular flexibility index (Phi) is 2.27. The lowest BCUT2D eigenvalue weighted by atomic mass is 10.2. The summed E-state index contributed by atoms with van der Waals surface area (Å²) in [6, 6.07) is 21.2. The van der Waals surface area contributed by atoms with Crippen LogP contribution in [0.5, 0.6) is 0 Å². The standard InChI is InChI=1S/C17H12N2O/c20-16-11-10-15-17(13-8-4-5-9-14(13)18-15)19(16)12-6-2-1-3-7-12/h1-11,18H. The maximum atomic E-state index is 12.3. The molecule has 4 rings (SSSR count). The van der Waals surface area contributed by atoms with Crippen molar-refractivity contribution in [2.45, 2.75) is 0 Å². The zero-order valence-corrected chi connectivity index (χ0v) is 10.7. The Hall–Kier alpha value is -2.81. The summed E-state index contributed by atoms with van der Waals surface area (Å²) >= 11 is 0. The monoisotopic (exact) mass is 260 g/mol. The fraction of sp³-hybridized carbons (Fsp3) is 0. The first-order valence-corrected chi connectivity index (χ1v) is 6.52. The van der Waals surface area contributed by atoms with Gasteiger partial charge >= 0.3 is 0 Å². The maximum Gasteiger partial charge on any atom is 0.255 e. The van der Waals surface area contributed by atoms with Crippen LogP contribution < -0.4 is 5.56 Å². The Morgan fingerprint density at radius 1 is 0.750 bits per heavy atom. The third kappa shape index (κ3) is 1.50. The Labute approximate surface area is 115 Å². The van der Waals surface area contributed by atoms with Gasteiger partial charge in [-0.05, 0) is 24.3 Å². The predicted octanol–water partition coefficient (Wildman–Crippen LogP) is 3.47. The minimum Gasteiger partial charge on any atom is -0.353 e. The van der Waals surface area contributed by atoms with Gasteiger partial charge in [0.05, 0.1) is 11.0 Å². The molecule has 0 atom stereocenters. The number of benzene rings is 2. The van der Waals surface area contributed by atoms with Crippen LogP contribution in [0.3, 0.4) is 0 Å². The number of aromatic amines is 1. The van der Waals surface area contributed by atoms with Crippen molar-refractivity contribution in [2.24, 2.45) is 0 Å². The number of rotatable bonds is 1. The molecular weight excluding hydrogens is 248 g/mol. The molecule has 0 aliphatic heterocycles. The van der Waals surface area contributed by atoms with Crippen molar-refractivity contribution in [3.05, 3.63) is 77.1 Å². The van der Waals surface area contributed by atoms with Gasteiger partial charge in [0.2, 0.25) is 0 Å². The van der Waals surface area contributed by atoms with E-state index in [0.717, 1.165) is 27.6 Å². The van der Waals surface area contributed by atoms with E-state index in [1.54, 1.807) is 10.6 Å². The van der Waals surface area contributed by atoms with Gasteiger partial charge in [0, 0.05) is 22.7 Å². The molecule has 0 amide bonds. The third-order valence-corrected chi connectivity index (χ3v) is 3.56. The van der Waals surface area contributed by atoms with Crippen LogP contribution in [0.25, 0.3) is 27.6 Å². The number of fused-ring (bicyclic) bond motifs is 3. The van der Waals surface area contributed by atoms with Gasteiger partial charge in [0.25, 0.3) is 5.56 Å². The molecule has 0 saturated carbocycles. The summed E-state index contributed by atoms with van der Waals surface area (Å²) in [5.74, 6) is 0. The highest BCUT2D eigenvalue weighted by Crippen LogP contribution is 2.25. The molecule has 0 spiro atoms. The number of para-hydroxylation sites is 2. The van der Waals surface area contributed by atoms with Crippen molar-refractivity contribution in [2.75, 3.05) is 0 Å². The summed E-state index contributed by atoms with van der Waals surface area (Å²) < 4.78 is 1.76. The van der Waals surface area contributed by atoms with Crippen molar-refractivity contribution in [1.82, 2.24) is 9.55 Å². The molecule has 4 aromatic rings. The maximum absolute atomic E-state index is 12.3. The van der Waals surface area contributed by atoms with Crippen molar-refractivity contribution < 1.29 is 0 Å². The van der Waals surface area contributed by atoms with Gasteiger partial charge in [-0.2, -0.15) is 0 Å². The van der Waals surface area contributed by atoms with E-state index in [1.807, 2.05) is 60.7 Å². The zero-order valence-electron chi connectivity index (χ0n) is 10.7. The second kappa shape index (κ2) is 4.10. The van der Waals surface area contributed by atoms with Gasteiger partial charge in [-0.1, -0.05) is 36.4 Å². The zero-order chi connectivity index (χ0) is 13.5.